The van der Waals surface area contributed by atoms with E-state index in [1.807, 2.05) is 58.9 Å². The van der Waals surface area contributed by atoms with E-state index in [-0.39, 0.29) is 6.54 Å². The summed E-state index contributed by atoms with van der Waals surface area (Å²) in [5, 5.41) is 0. The smallest absolute Gasteiger partial charge is 0.359 e. The fraction of sp³-hybridized carbons (Fsp3) is 0.368. The van der Waals surface area contributed by atoms with Crippen LogP contribution in [0.15, 0.2) is 24.3 Å². The van der Waals surface area contributed by atoms with Gasteiger partial charge in [0.15, 0.2) is 0 Å². The molecule has 0 aliphatic rings. The third-order valence-electron chi connectivity index (χ3n) is 4.37. The zero-order chi connectivity index (χ0) is 18.9. The third kappa shape index (κ3) is 3.96. The molecule has 25 heavy (non-hydrogen) atoms. The highest BCUT2D eigenvalue weighted by molar-refractivity contribution is 7.87. The van der Waals surface area contributed by atoms with Gasteiger partial charge in [-0.05, 0) is 91.8 Å². The monoisotopic (exact) mass is 362 g/mol. The van der Waals surface area contributed by atoms with E-state index in [0.717, 1.165) is 43.4 Å². The molecular weight excluding hydrogens is 336 g/mol. The third-order valence-corrected chi connectivity index (χ3v) is 5.29. The predicted molar refractivity (Wildman–Crippen MR) is 104 cm³/mol. The SMILES string of the molecule is CCCN(c1c(C)cc(-c2cc(C)c(N)c(C)c2)cc1C)S(=O)(=O)O. The standard InChI is InChI=1S/C19H26N2O3S/c1-6-7-21(25(22,23)24)19-14(4)10-17(11-15(19)5)16-8-12(2)18(20)13(3)9-16/h8-11H,6-7,20H2,1-5H3,(H,22,23,24). The lowest BCUT2D eigenvalue weighted by Gasteiger charge is -2.25. The van der Waals surface area contributed by atoms with Gasteiger partial charge in [0.2, 0.25) is 0 Å². The number of aryl methyl sites for hydroxylation is 4. The lowest BCUT2D eigenvalue weighted by atomic mass is 9.95. The summed E-state index contributed by atoms with van der Waals surface area (Å²) in [6, 6.07) is 7.95. The molecule has 6 heteroatoms. The average Bonchev–Trinajstić information content (AvgIpc) is 2.49. The molecule has 0 radical (unpaired) electrons. The number of rotatable bonds is 5. The van der Waals surface area contributed by atoms with Crippen molar-refractivity contribution in [3.05, 3.63) is 46.5 Å². The summed E-state index contributed by atoms with van der Waals surface area (Å²) in [7, 11) is -4.30. The molecule has 0 aromatic heterocycles. The number of hydrogen-bond acceptors (Lipinski definition) is 3. The molecule has 3 N–H and O–H groups in total. The van der Waals surface area contributed by atoms with Gasteiger partial charge in [0.05, 0.1) is 5.69 Å². The van der Waals surface area contributed by atoms with E-state index in [9.17, 15) is 13.0 Å². The Hall–Kier alpha value is -2.05. The lowest BCUT2D eigenvalue weighted by Crippen LogP contribution is -2.32. The van der Waals surface area contributed by atoms with Crippen molar-refractivity contribution in [2.24, 2.45) is 0 Å². The van der Waals surface area contributed by atoms with Crippen LogP contribution in [0.3, 0.4) is 0 Å². The maximum absolute atomic E-state index is 11.8. The highest BCUT2D eigenvalue weighted by Crippen LogP contribution is 2.34. The van der Waals surface area contributed by atoms with E-state index in [1.54, 1.807) is 0 Å². The van der Waals surface area contributed by atoms with Gasteiger partial charge in [-0.1, -0.05) is 6.92 Å². The normalized spacial score (nSPS) is 11.6. The predicted octanol–water partition coefficient (Wildman–Crippen LogP) is 4.19. The van der Waals surface area contributed by atoms with E-state index < -0.39 is 10.3 Å². The molecule has 0 atom stereocenters. The highest BCUT2D eigenvalue weighted by atomic mass is 32.2. The fourth-order valence-electron chi connectivity index (χ4n) is 3.20. The molecule has 136 valence electrons. The number of benzene rings is 2. The lowest BCUT2D eigenvalue weighted by molar-refractivity contribution is 0.477. The van der Waals surface area contributed by atoms with Crippen LogP contribution >= 0.6 is 0 Å². The molecule has 0 saturated heterocycles. The van der Waals surface area contributed by atoms with Gasteiger partial charge < -0.3 is 5.73 Å². The molecule has 2 aromatic carbocycles. The van der Waals surface area contributed by atoms with Crippen LogP contribution in [0.1, 0.15) is 35.6 Å². The first-order chi connectivity index (χ1) is 11.6. The van der Waals surface area contributed by atoms with E-state index in [2.05, 4.69) is 0 Å². The van der Waals surface area contributed by atoms with Crippen molar-refractivity contribution in [1.29, 1.82) is 0 Å². The second-order valence-electron chi connectivity index (χ2n) is 6.53. The zero-order valence-corrected chi connectivity index (χ0v) is 16.2. The topological polar surface area (TPSA) is 83.6 Å². The summed E-state index contributed by atoms with van der Waals surface area (Å²) in [5.41, 5.74) is 13.0. The Morgan fingerprint density at radius 1 is 0.920 bits per heavy atom. The fourth-order valence-corrected chi connectivity index (χ4v) is 4.13. The van der Waals surface area contributed by atoms with Crippen molar-refractivity contribution in [3.8, 4) is 11.1 Å². The van der Waals surface area contributed by atoms with Gasteiger partial charge in [-0.3, -0.25) is 4.55 Å². The minimum atomic E-state index is -4.30. The van der Waals surface area contributed by atoms with Gasteiger partial charge >= 0.3 is 10.3 Å². The van der Waals surface area contributed by atoms with E-state index in [4.69, 9.17) is 5.73 Å². The molecule has 0 fully saturated rings. The van der Waals surface area contributed by atoms with Crippen LogP contribution in [0.25, 0.3) is 11.1 Å². The van der Waals surface area contributed by atoms with Crippen molar-refractivity contribution in [1.82, 2.24) is 0 Å². The summed E-state index contributed by atoms with van der Waals surface area (Å²) in [6.45, 7) is 9.77. The van der Waals surface area contributed by atoms with Crippen LogP contribution in [0.4, 0.5) is 11.4 Å². The molecular formula is C19H26N2O3S. The zero-order valence-electron chi connectivity index (χ0n) is 15.4. The number of nitrogen functional groups attached to an aromatic ring is 1. The summed E-state index contributed by atoms with van der Waals surface area (Å²) < 4.78 is 34.2. The molecule has 0 spiro atoms. The molecule has 0 saturated carbocycles. The van der Waals surface area contributed by atoms with Crippen LogP contribution in [0.5, 0.6) is 0 Å². The van der Waals surface area contributed by atoms with Crippen LogP contribution < -0.4 is 10.0 Å². The second-order valence-corrected chi connectivity index (χ2v) is 7.87. The first-order valence-electron chi connectivity index (χ1n) is 8.29. The van der Waals surface area contributed by atoms with E-state index in [1.165, 1.54) is 0 Å². The first-order valence-corrected chi connectivity index (χ1v) is 9.69. The maximum Gasteiger partial charge on any atom is 0.359 e. The van der Waals surface area contributed by atoms with Crippen LogP contribution in [-0.2, 0) is 10.3 Å². The van der Waals surface area contributed by atoms with Gasteiger partial charge in [0, 0.05) is 12.2 Å². The highest BCUT2D eigenvalue weighted by Gasteiger charge is 2.23. The molecule has 0 aliphatic heterocycles. The van der Waals surface area contributed by atoms with Crippen LogP contribution in [0.2, 0.25) is 0 Å². The summed E-state index contributed by atoms with van der Waals surface area (Å²) in [6.07, 6.45) is 0.608. The number of anilines is 2. The molecule has 2 aromatic rings. The van der Waals surface area contributed by atoms with Crippen LogP contribution in [0, 0.1) is 27.7 Å². The molecule has 0 bridgehead atoms. The molecule has 0 amide bonds. The van der Waals surface area contributed by atoms with Crippen LogP contribution in [-0.4, -0.2) is 19.5 Å². The Morgan fingerprint density at radius 3 is 1.68 bits per heavy atom. The van der Waals surface area contributed by atoms with Crippen molar-refractivity contribution < 1.29 is 13.0 Å². The minimum absolute atomic E-state index is 0.236. The number of nitrogens with two attached hydrogens (primary N) is 1. The maximum atomic E-state index is 11.8. The van der Waals surface area contributed by atoms with Crippen molar-refractivity contribution in [2.45, 2.75) is 41.0 Å². The summed E-state index contributed by atoms with van der Waals surface area (Å²) in [4.78, 5) is 0. The van der Waals surface area contributed by atoms with Crippen molar-refractivity contribution in [3.63, 3.8) is 0 Å². The molecule has 5 nitrogen and oxygen atoms in total. The Morgan fingerprint density at radius 2 is 1.32 bits per heavy atom. The van der Waals surface area contributed by atoms with E-state index in [0.29, 0.717) is 12.1 Å². The second kappa shape index (κ2) is 7.06. The van der Waals surface area contributed by atoms with E-state index >= 15 is 0 Å². The first kappa shape index (κ1) is 19.3. The quantitative estimate of drug-likeness (QED) is 0.617. The minimum Gasteiger partial charge on any atom is -0.398 e. The Kier molecular flexibility index (Phi) is 5.44. The molecule has 0 heterocycles. The Bertz CT molecular complexity index is 859. The number of nitrogens with zero attached hydrogens (tertiary/aromatic N) is 1. The van der Waals surface area contributed by atoms with Gasteiger partial charge in [-0.25, -0.2) is 4.31 Å². The summed E-state index contributed by atoms with van der Waals surface area (Å²) in [5.74, 6) is 0. The van der Waals surface area contributed by atoms with Gasteiger partial charge in [0.25, 0.3) is 0 Å². The van der Waals surface area contributed by atoms with Gasteiger partial charge in [-0.15, -0.1) is 0 Å². The van der Waals surface area contributed by atoms with Gasteiger partial charge in [0.1, 0.15) is 0 Å². The Labute approximate surface area is 150 Å². The average molecular weight is 362 g/mol. The largest absolute Gasteiger partial charge is 0.398 e. The van der Waals surface area contributed by atoms with Gasteiger partial charge in [-0.2, -0.15) is 8.42 Å². The van der Waals surface area contributed by atoms with Crippen molar-refractivity contribution in [2.75, 3.05) is 16.6 Å². The molecule has 0 unspecified atom stereocenters. The molecule has 2 rings (SSSR count). The Balaban J connectivity index is 2.61. The summed E-state index contributed by atoms with van der Waals surface area (Å²) >= 11 is 0. The molecule has 0 aliphatic carbocycles. The van der Waals surface area contributed by atoms with Crippen molar-refractivity contribution >= 4 is 21.7 Å². The number of hydrogen-bond donors (Lipinski definition) is 2.